The zero-order valence-corrected chi connectivity index (χ0v) is 21.6. The molecule has 7 nitrogen and oxygen atoms in total. The fourth-order valence-electron chi connectivity index (χ4n) is 5.00. The summed E-state index contributed by atoms with van der Waals surface area (Å²) in [7, 11) is -3.58. The van der Waals surface area contributed by atoms with E-state index in [1.807, 2.05) is 50.2 Å². The van der Waals surface area contributed by atoms with Gasteiger partial charge in [-0.2, -0.15) is 4.31 Å². The van der Waals surface area contributed by atoms with E-state index in [4.69, 9.17) is 0 Å². The van der Waals surface area contributed by atoms with Gasteiger partial charge in [-0.05, 0) is 69.2 Å². The molecule has 2 saturated heterocycles. The number of aryl methyl sites for hydroxylation is 2. The largest absolute Gasteiger partial charge is 0.346 e. The lowest BCUT2D eigenvalue weighted by molar-refractivity contribution is -0.136. The predicted octanol–water partition coefficient (Wildman–Crippen LogP) is 3.52. The second-order valence-corrected chi connectivity index (χ2v) is 12.0. The Labute approximate surface area is 201 Å². The molecule has 0 unspecified atom stereocenters. The number of hydrogen-bond donors (Lipinski definition) is 0. The van der Waals surface area contributed by atoms with Crippen molar-refractivity contribution in [2.75, 3.05) is 44.2 Å². The first-order chi connectivity index (χ1) is 15.7. The van der Waals surface area contributed by atoms with Crippen LogP contribution in [-0.2, 0) is 14.8 Å². The van der Waals surface area contributed by atoms with Gasteiger partial charge in [0, 0.05) is 56.8 Å². The van der Waals surface area contributed by atoms with Gasteiger partial charge in [-0.25, -0.2) is 13.4 Å². The quantitative estimate of drug-likeness (QED) is 0.656. The minimum Gasteiger partial charge on any atom is -0.346 e. The summed E-state index contributed by atoms with van der Waals surface area (Å²) in [6, 6.07) is 2.05. The number of sulfonamides is 1. The van der Waals surface area contributed by atoms with Crippen LogP contribution in [0.4, 0.5) is 5.13 Å². The number of anilines is 1. The van der Waals surface area contributed by atoms with E-state index in [0.29, 0.717) is 37.4 Å². The number of nitrogens with zero attached hydrogens (tertiary/aromatic N) is 4. The summed E-state index contributed by atoms with van der Waals surface area (Å²) >= 11 is 1.63. The first-order valence-electron chi connectivity index (χ1n) is 11.7. The molecule has 9 heteroatoms. The molecule has 0 spiro atoms. The Morgan fingerprint density at radius 1 is 0.970 bits per heavy atom. The molecule has 180 valence electrons. The number of hydrogen-bond acceptors (Lipinski definition) is 6. The molecule has 0 bridgehead atoms. The molecular weight excluding hydrogens is 456 g/mol. The lowest BCUT2D eigenvalue weighted by Crippen LogP contribution is -2.45. The number of aromatic nitrogens is 1. The van der Waals surface area contributed by atoms with E-state index in [0.717, 1.165) is 53.4 Å². The number of carbonyl (C=O) groups is 1. The molecule has 33 heavy (non-hydrogen) atoms. The molecule has 2 fully saturated rings. The SMILES string of the molecule is Cc1cc(C)c(C)c(S(=O)(=O)N2CCC(C(=O)N3CCCN(c4nccs4)CC3)CC2)c1C. The number of rotatable bonds is 4. The molecule has 0 atom stereocenters. The summed E-state index contributed by atoms with van der Waals surface area (Å²) in [6.07, 6.45) is 3.89. The maximum Gasteiger partial charge on any atom is 0.243 e. The van der Waals surface area contributed by atoms with Crippen LogP contribution in [0.25, 0.3) is 0 Å². The summed E-state index contributed by atoms with van der Waals surface area (Å²) < 4.78 is 28.6. The van der Waals surface area contributed by atoms with Gasteiger partial charge in [0.25, 0.3) is 0 Å². The van der Waals surface area contributed by atoms with Crippen molar-refractivity contribution < 1.29 is 13.2 Å². The monoisotopic (exact) mass is 490 g/mol. The fourth-order valence-corrected chi connectivity index (χ4v) is 7.74. The highest BCUT2D eigenvalue weighted by atomic mass is 32.2. The van der Waals surface area contributed by atoms with E-state index in [-0.39, 0.29) is 11.8 Å². The summed E-state index contributed by atoms with van der Waals surface area (Å²) in [5.74, 6) is 0.0658. The molecule has 1 amide bonds. The van der Waals surface area contributed by atoms with Crippen LogP contribution in [0.3, 0.4) is 0 Å². The Hall–Kier alpha value is -1.97. The average molecular weight is 491 g/mol. The third-order valence-corrected chi connectivity index (χ3v) is 10.2. The Morgan fingerprint density at radius 2 is 1.64 bits per heavy atom. The van der Waals surface area contributed by atoms with E-state index in [1.54, 1.807) is 15.6 Å². The van der Waals surface area contributed by atoms with E-state index in [9.17, 15) is 13.2 Å². The zero-order valence-electron chi connectivity index (χ0n) is 20.0. The normalized spacial score (nSPS) is 19.0. The van der Waals surface area contributed by atoms with Gasteiger partial charge >= 0.3 is 0 Å². The summed E-state index contributed by atoms with van der Waals surface area (Å²) in [4.78, 5) is 22.3. The summed E-state index contributed by atoms with van der Waals surface area (Å²) in [6.45, 7) is 11.6. The van der Waals surface area contributed by atoms with E-state index in [2.05, 4.69) is 9.88 Å². The molecular formula is C24H34N4O3S2. The second kappa shape index (κ2) is 9.72. The van der Waals surface area contributed by atoms with Crippen LogP contribution in [-0.4, -0.2) is 67.8 Å². The molecule has 4 rings (SSSR count). The van der Waals surface area contributed by atoms with Crippen LogP contribution < -0.4 is 4.90 Å². The van der Waals surface area contributed by atoms with Gasteiger partial charge in [0.2, 0.25) is 15.9 Å². The van der Waals surface area contributed by atoms with Crippen molar-refractivity contribution >= 4 is 32.4 Å². The molecule has 2 aliphatic rings. The minimum absolute atomic E-state index is 0.107. The number of amides is 1. The second-order valence-electron chi connectivity index (χ2n) is 9.25. The molecule has 0 saturated carbocycles. The van der Waals surface area contributed by atoms with Crippen molar-refractivity contribution in [3.63, 3.8) is 0 Å². The van der Waals surface area contributed by atoms with Gasteiger partial charge in [-0.3, -0.25) is 4.79 Å². The van der Waals surface area contributed by atoms with Crippen molar-refractivity contribution in [2.45, 2.75) is 51.9 Å². The lowest BCUT2D eigenvalue weighted by Gasteiger charge is -2.34. The summed E-state index contributed by atoms with van der Waals surface area (Å²) in [5, 5.41) is 2.99. The molecule has 1 aromatic carbocycles. The Bertz CT molecular complexity index is 1080. The smallest absolute Gasteiger partial charge is 0.243 e. The Kier molecular flexibility index (Phi) is 7.12. The third-order valence-electron chi connectivity index (χ3n) is 7.20. The topological polar surface area (TPSA) is 73.8 Å². The van der Waals surface area contributed by atoms with Crippen molar-refractivity contribution in [3.8, 4) is 0 Å². The van der Waals surface area contributed by atoms with Crippen LogP contribution in [0, 0.1) is 33.6 Å². The van der Waals surface area contributed by atoms with Crippen LogP contribution in [0.1, 0.15) is 41.5 Å². The molecule has 0 radical (unpaired) electrons. The highest BCUT2D eigenvalue weighted by Crippen LogP contribution is 2.31. The van der Waals surface area contributed by atoms with Crippen molar-refractivity contribution in [3.05, 3.63) is 39.9 Å². The van der Waals surface area contributed by atoms with E-state index in [1.165, 1.54) is 0 Å². The molecule has 0 N–H and O–H groups in total. The maximum absolute atomic E-state index is 13.5. The predicted molar refractivity (Wildman–Crippen MR) is 132 cm³/mol. The molecule has 1 aromatic heterocycles. The van der Waals surface area contributed by atoms with Crippen LogP contribution in [0.5, 0.6) is 0 Å². The van der Waals surface area contributed by atoms with Gasteiger partial charge in [0.1, 0.15) is 0 Å². The van der Waals surface area contributed by atoms with Gasteiger partial charge < -0.3 is 9.80 Å². The number of benzene rings is 1. The standard InChI is InChI=1S/C24H34N4O3S2/c1-17-16-18(2)20(4)22(19(17)3)33(30,31)28-11-6-21(7-12-28)23(29)26-9-5-10-27(14-13-26)24-25-8-15-32-24/h8,15-16,21H,5-7,9-14H2,1-4H3. The number of piperidine rings is 1. The van der Waals surface area contributed by atoms with Crippen molar-refractivity contribution in [1.82, 2.24) is 14.2 Å². The van der Waals surface area contributed by atoms with Gasteiger partial charge in [-0.15, -0.1) is 11.3 Å². The molecule has 3 heterocycles. The van der Waals surface area contributed by atoms with Gasteiger partial charge in [-0.1, -0.05) is 6.07 Å². The molecule has 2 aromatic rings. The molecule has 2 aliphatic heterocycles. The van der Waals surface area contributed by atoms with E-state index < -0.39 is 10.0 Å². The minimum atomic E-state index is -3.58. The van der Waals surface area contributed by atoms with Crippen LogP contribution in [0.2, 0.25) is 0 Å². The van der Waals surface area contributed by atoms with Gasteiger partial charge in [0.05, 0.1) is 4.90 Å². The summed E-state index contributed by atoms with van der Waals surface area (Å²) in [5.41, 5.74) is 3.64. The highest BCUT2D eigenvalue weighted by molar-refractivity contribution is 7.89. The van der Waals surface area contributed by atoms with Gasteiger partial charge in [0.15, 0.2) is 5.13 Å². The van der Waals surface area contributed by atoms with Crippen molar-refractivity contribution in [2.24, 2.45) is 5.92 Å². The number of carbonyl (C=O) groups excluding carboxylic acids is 1. The third kappa shape index (κ3) is 4.81. The average Bonchev–Trinajstić information content (AvgIpc) is 3.22. The van der Waals surface area contributed by atoms with Crippen LogP contribution in [0.15, 0.2) is 22.5 Å². The lowest BCUT2D eigenvalue weighted by atomic mass is 9.96. The Balaban J connectivity index is 1.40. The molecule has 0 aliphatic carbocycles. The van der Waals surface area contributed by atoms with Crippen LogP contribution >= 0.6 is 11.3 Å². The fraction of sp³-hybridized carbons (Fsp3) is 0.583. The first-order valence-corrected chi connectivity index (χ1v) is 14.0. The number of thiazole rings is 1. The zero-order chi connectivity index (χ0) is 23.8. The van der Waals surface area contributed by atoms with E-state index >= 15 is 0 Å². The first kappa shape index (κ1) is 24.2. The highest BCUT2D eigenvalue weighted by Gasteiger charge is 2.36. The van der Waals surface area contributed by atoms with Crippen molar-refractivity contribution in [1.29, 1.82) is 0 Å². The maximum atomic E-state index is 13.5. The Morgan fingerprint density at radius 3 is 2.24 bits per heavy atom.